The molecule has 1 nitrogen and oxygen atoms in total. The molecule has 0 amide bonds. The Kier molecular flexibility index (Phi) is 6.01. The Morgan fingerprint density at radius 1 is 1.11 bits per heavy atom. The molecule has 1 N–H and O–H groups in total. The van der Waals surface area contributed by atoms with Crippen LogP contribution in [0.25, 0.3) is 0 Å². The smallest absolute Gasteiger partial charge is 0.0603 e. The fraction of sp³-hybridized carbons (Fsp3) is 0.852. The van der Waals surface area contributed by atoms with Crippen LogP contribution in [0.5, 0.6) is 0 Å². The van der Waals surface area contributed by atoms with Gasteiger partial charge in [-0.2, -0.15) is 0 Å². The second-order valence-corrected chi connectivity index (χ2v) is 11.5. The zero-order valence-corrected chi connectivity index (χ0v) is 20.0. The van der Waals surface area contributed by atoms with Crippen molar-refractivity contribution in [3.8, 4) is 0 Å². The van der Waals surface area contributed by atoms with Crippen molar-refractivity contribution >= 4 is 0 Å². The van der Waals surface area contributed by atoms with Crippen LogP contribution in [0.1, 0.15) is 107 Å². The summed E-state index contributed by atoms with van der Waals surface area (Å²) in [5, 5.41) is 10.9. The van der Waals surface area contributed by atoms with Crippen LogP contribution in [-0.4, -0.2) is 11.2 Å². The predicted octanol–water partition coefficient (Wildman–Crippen LogP) is 7.70. The number of fused-ring (bicyclic) bond motifs is 2. The average molecular weight is 387 g/mol. The molecule has 7 unspecified atom stereocenters. The van der Waals surface area contributed by atoms with Crippen LogP contribution in [0, 0.1) is 34.0 Å². The average Bonchev–Trinajstić information content (AvgIpc) is 2.93. The monoisotopic (exact) mass is 386 g/mol. The van der Waals surface area contributed by atoms with Crippen molar-refractivity contribution in [2.75, 3.05) is 0 Å². The molecule has 3 aliphatic rings. The summed E-state index contributed by atoms with van der Waals surface area (Å²) in [6.07, 6.45) is 12.0. The zero-order valence-electron chi connectivity index (χ0n) is 20.0. The Bertz CT molecular complexity index is 653. The van der Waals surface area contributed by atoms with Crippen LogP contribution in [0.15, 0.2) is 22.8 Å². The molecule has 0 aromatic carbocycles. The minimum absolute atomic E-state index is 0.207. The molecule has 0 aliphatic heterocycles. The third kappa shape index (κ3) is 3.15. The highest BCUT2D eigenvalue weighted by Crippen LogP contribution is 2.70. The summed E-state index contributed by atoms with van der Waals surface area (Å²) < 4.78 is 0. The molecule has 7 atom stereocenters. The van der Waals surface area contributed by atoms with E-state index in [9.17, 15) is 5.11 Å². The topological polar surface area (TPSA) is 20.2 Å². The zero-order chi connectivity index (χ0) is 20.9. The molecule has 0 heterocycles. The van der Waals surface area contributed by atoms with E-state index in [0.29, 0.717) is 28.1 Å². The number of rotatable bonds is 5. The molecule has 160 valence electrons. The summed E-state index contributed by atoms with van der Waals surface area (Å²) in [4.78, 5) is 0. The van der Waals surface area contributed by atoms with Crippen molar-refractivity contribution in [3.63, 3.8) is 0 Å². The summed E-state index contributed by atoms with van der Waals surface area (Å²) in [5.41, 5.74) is 6.09. The molecule has 0 bridgehead atoms. The lowest BCUT2D eigenvalue weighted by Crippen LogP contribution is -2.48. The molecule has 28 heavy (non-hydrogen) atoms. The number of allylic oxidation sites excluding steroid dienone is 3. The van der Waals surface area contributed by atoms with E-state index in [1.165, 1.54) is 50.5 Å². The Morgan fingerprint density at radius 2 is 1.79 bits per heavy atom. The lowest BCUT2D eigenvalue weighted by atomic mass is 9.47. The fourth-order valence-electron chi connectivity index (χ4n) is 7.56. The Balaban J connectivity index is 1.93. The molecule has 0 aromatic heterocycles. The molecule has 0 spiro atoms. The van der Waals surface area contributed by atoms with Crippen molar-refractivity contribution in [3.05, 3.63) is 22.8 Å². The summed E-state index contributed by atoms with van der Waals surface area (Å²) in [6, 6.07) is 0. The highest BCUT2D eigenvalue weighted by Gasteiger charge is 2.61. The van der Waals surface area contributed by atoms with Gasteiger partial charge < -0.3 is 5.11 Å². The largest absolute Gasteiger partial charge is 0.393 e. The summed E-state index contributed by atoms with van der Waals surface area (Å²) >= 11 is 0. The van der Waals surface area contributed by atoms with E-state index in [4.69, 9.17) is 0 Å². The molecular formula is C27H46O. The lowest BCUT2D eigenvalue weighted by Gasteiger charge is -2.57. The third-order valence-electron chi connectivity index (χ3n) is 10.3. The van der Waals surface area contributed by atoms with Gasteiger partial charge in [0.05, 0.1) is 6.10 Å². The van der Waals surface area contributed by atoms with Gasteiger partial charge >= 0.3 is 0 Å². The first-order valence-electron chi connectivity index (χ1n) is 12.1. The number of hydrogen-bond acceptors (Lipinski definition) is 1. The SMILES string of the molecule is CCC1(C)C2=C(CCC1C)C1(C)CCC(C(C)C(O)CC=C(C)C)C1(C)CC2. The van der Waals surface area contributed by atoms with E-state index in [1.54, 1.807) is 0 Å². The van der Waals surface area contributed by atoms with Gasteiger partial charge in [-0.25, -0.2) is 0 Å². The Labute approximate surface area is 175 Å². The quantitative estimate of drug-likeness (QED) is 0.480. The first-order chi connectivity index (χ1) is 13.0. The van der Waals surface area contributed by atoms with Gasteiger partial charge in [-0.15, -0.1) is 0 Å². The highest BCUT2D eigenvalue weighted by molar-refractivity contribution is 5.37. The molecule has 1 heteroatoms. The third-order valence-corrected chi connectivity index (χ3v) is 10.3. The van der Waals surface area contributed by atoms with E-state index in [0.717, 1.165) is 12.3 Å². The Hall–Kier alpha value is -0.560. The maximum atomic E-state index is 10.9. The van der Waals surface area contributed by atoms with Crippen LogP contribution in [-0.2, 0) is 0 Å². The van der Waals surface area contributed by atoms with E-state index in [-0.39, 0.29) is 6.10 Å². The second-order valence-electron chi connectivity index (χ2n) is 11.5. The number of aliphatic hydroxyl groups excluding tert-OH is 1. The molecular weight excluding hydrogens is 340 g/mol. The normalized spacial score (nSPS) is 42.6. The first-order valence-corrected chi connectivity index (χ1v) is 12.1. The van der Waals surface area contributed by atoms with E-state index >= 15 is 0 Å². The van der Waals surface area contributed by atoms with E-state index in [2.05, 4.69) is 61.5 Å². The van der Waals surface area contributed by atoms with Gasteiger partial charge in [0.1, 0.15) is 0 Å². The van der Waals surface area contributed by atoms with Crippen LogP contribution in [0.3, 0.4) is 0 Å². The van der Waals surface area contributed by atoms with Crippen molar-refractivity contribution in [1.82, 2.24) is 0 Å². The van der Waals surface area contributed by atoms with E-state index < -0.39 is 0 Å². The van der Waals surface area contributed by atoms with Gasteiger partial charge in [-0.3, -0.25) is 0 Å². The van der Waals surface area contributed by atoms with Gasteiger partial charge in [0.2, 0.25) is 0 Å². The maximum Gasteiger partial charge on any atom is 0.0603 e. The molecule has 0 aromatic rings. The van der Waals surface area contributed by atoms with E-state index in [1.807, 2.05) is 11.1 Å². The molecule has 3 rings (SSSR count). The maximum absolute atomic E-state index is 10.9. The fourth-order valence-corrected chi connectivity index (χ4v) is 7.56. The standard InChI is InChI=1S/C27H46O/c1-9-25(6)19(4)11-12-23-22(25)15-17-26(7)21(14-16-27(23,26)8)20(5)24(28)13-10-18(2)3/h10,19-21,24,28H,9,11-17H2,1-8H3. The van der Waals surface area contributed by atoms with Crippen LogP contribution >= 0.6 is 0 Å². The highest BCUT2D eigenvalue weighted by atomic mass is 16.3. The van der Waals surface area contributed by atoms with Gasteiger partial charge in [-0.05, 0) is 99.2 Å². The van der Waals surface area contributed by atoms with Crippen molar-refractivity contribution < 1.29 is 5.11 Å². The lowest BCUT2D eigenvalue weighted by molar-refractivity contribution is -0.00882. The minimum Gasteiger partial charge on any atom is -0.393 e. The van der Waals surface area contributed by atoms with Gasteiger partial charge in [0.15, 0.2) is 0 Å². The van der Waals surface area contributed by atoms with Gasteiger partial charge in [0.25, 0.3) is 0 Å². The summed E-state index contributed by atoms with van der Waals surface area (Å²) in [6.45, 7) is 19.2. The van der Waals surface area contributed by atoms with Crippen LogP contribution in [0.2, 0.25) is 0 Å². The van der Waals surface area contributed by atoms with Crippen molar-refractivity contribution in [2.45, 2.75) is 113 Å². The van der Waals surface area contributed by atoms with Crippen molar-refractivity contribution in [1.29, 1.82) is 0 Å². The molecule has 0 saturated heterocycles. The van der Waals surface area contributed by atoms with Crippen LogP contribution in [0.4, 0.5) is 0 Å². The number of aliphatic hydroxyl groups is 1. The molecule has 1 fully saturated rings. The van der Waals surface area contributed by atoms with Crippen LogP contribution < -0.4 is 0 Å². The molecule has 0 radical (unpaired) electrons. The van der Waals surface area contributed by atoms with Gasteiger partial charge in [-0.1, -0.05) is 64.3 Å². The number of hydrogen-bond donors (Lipinski definition) is 1. The molecule has 3 aliphatic carbocycles. The Morgan fingerprint density at radius 3 is 2.39 bits per heavy atom. The minimum atomic E-state index is -0.207. The van der Waals surface area contributed by atoms with Gasteiger partial charge in [0, 0.05) is 0 Å². The summed E-state index contributed by atoms with van der Waals surface area (Å²) in [5.74, 6) is 1.83. The molecule has 1 saturated carbocycles. The predicted molar refractivity (Wildman–Crippen MR) is 121 cm³/mol. The second kappa shape index (κ2) is 7.60. The summed E-state index contributed by atoms with van der Waals surface area (Å²) in [7, 11) is 0. The van der Waals surface area contributed by atoms with Crippen molar-refractivity contribution in [2.24, 2.45) is 34.0 Å². The first kappa shape index (κ1) is 22.1.